The van der Waals surface area contributed by atoms with Gasteiger partial charge in [-0.1, -0.05) is 31.0 Å². The van der Waals surface area contributed by atoms with E-state index in [2.05, 4.69) is 4.72 Å². The Morgan fingerprint density at radius 2 is 1.95 bits per heavy atom. The highest BCUT2D eigenvalue weighted by Gasteiger charge is 2.11. The van der Waals surface area contributed by atoms with Crippen LogP contribution in [0.25, 0.3) is 0 Å². The summed E-state index contributed by atoms with van der Waals surface area (Å²) in [5, 5.41) is 0. The molecule has 110 valence electrons. The van der Waals surface area contributed by atoms with Gasteiger partial charge in [0.05, 0.1) is 11.5 Å². The Labute approximate surface area is 119 Å². The predicted octanol–water partition coefficient (Wildman–Crippen LogP) is 2.13. The first kappa shape index (κ1) is 16.2. The van der Waals surface area contributed by atoms with E-state index in [0.29, 0.717) is 6.61 Å². The Morgan fingerprint density at radius 3 is 2.55 bits per heavy atom. The Kier molecular flexibility index (Phi) is 6.24. The molecule has 5 nitrogen and oxygen atoms in total. The van der Waals surface area contributed by atoms with Crippen LogP contribution in [0.2, 0.25) is 0 Å². The van der Waals surface area contributed by atoms with E-state index in [4.69, 9.17) is 4.74 Å². The monoisotopic (exact) mass is 297 g/mol. The number of nitrogens with one attached hydrogen (secondary N) is 1. The van der Waals surface area contributed by atoms with Crippen LogP contribution in [-0.2, 0) is 19.6 Å². The lowest BCUT2D eigenvalue weighted by Crippen LogP contribution is -2.18. The van der Waals surface area contributed by atoms with Crippen LogP contribution >= 0.6 is 0 Å². The van der Waals surface area contributed by atoms with Crippen LogP contribution in [0.3, 0.4) is 0 Å². The second kappa shape index (κ2) is 7.69. The summed E-state index contributed by atoms with van der Waals surface area (Å²) in [7, 11) is -3.64. The van der Waals surface area contributed by atoms with Gasteiger partial charge >= 0.3 is 5.97 Å². The molecule has 0 spiro atoms. The molecule has 0 aliphatic carbocycles. The normalized spacial score (nSPS) is 11.5. The smallest absolute Gasteiger partial charge is 0.332 e. The number of sulfonamides is 1. The Bertz CT molecular complexity index is 561. The van der Waals surface area contributed by atoms with E-state index in [0.717, 1.165) is 30.7 Å². The van der Waals surface area contributed by atoms with Crippen molar-refractivity contribution in [3.63, 3.8) is 0 Å². The SMILES string of the molecule is CCCCOC(=O)/C=C\NS(=O)(=O)c1ccc(C)cc1. The highest BCUT2D eigenvalue weighted by molar-refractivity contribution is 7.89. The van der Waals surface area contributed by atoms with Crippen LogP contribution in [0.15, 0.2) is 41.4 Å². The Balaban J connectivity index is 2.55. The number of hydrogen-bond acceptors (Lipinski definition) is 4. The lowest BCUT2D eigenvalue weighted by atomic mass is 10.2. The minimum atomic E-state index is -3.64. The molecular formula is C14H19NO4S. The number of aryl methyl sites for hydroxylation is 1. The lowest BCUT2D eigenvalue weighted by molar-refractivity contribution is -0.137. The Hall–Kier alpha value is -1.82. The molecule has 1 aromatic rings. The zero-order valence-electron chi connectivity index (χ0n) is 11.6. The van der Waals surface area contributed by atoms with Crippen molar-refractivity contribution in [1.82, 2.24) is 4.72 Å². The van der Waals surface area contributed by atoms with Gasteiger partial charge in [-0.3, -0.25) is 4.72 Å². The standard InChI is InChI=1S/C14H19NO4S/c1-3-4-11-19-14(16)9-10-15-20(17,18)13-7-5-12(2)6-8-13/h5-10,15H,3-4,11H2,1-2H3/b10-9-. The van der Waals surface area contributed by atoms with E-state index in [1.54, 1.807) is 12.1 Å². The van der Waals surface area contributed by atoms with Gasteiger partial charge in [-0.25, -0.2) is 13.2 Å². The number of carbonyl (C=O) groups is 1. The molecule has 1 aromatic carbocycles. The fraction of sp³-hybridized carbons (Fsp3) is 0.357. The number of hydrogen-bond donors (Lipinski definition) is 1. The molecule has 0 bridgehead atoms. The summed E-state index contributed by atoms with van der Waals surface area (Å²) in [5.41, 5.74) is 0.971. The minimum absolute atomic E-state index is 0.145. The first-order chi connectivity index (χ1) is 9.45. The largest absolute Gasteiger partial charge is 0.462 e. The van der Waals surface area contributed by atoms with Crippen molar-refractivity contribution in [2.24, 2.45) is 0 Å². The van der Waals surface area contributed by atoms with Gasteiger partial charge in [-0.2, -0.15) is 0 Å². The third-order valence-electron chi connectivity index (χ3n) is 2.52. The number of benzene rings is 1. The third kappa shape index (κ3) is 5.44. The maximum atomic E-state index is 11.9. The van der Waals surface area contributed by atoms with E-state index in [1.807, 2.05) is 13.8 Å². The van der Waals surface area contributed by atoms with Crippen molar-refractivity contribution in [3.8, 4) is 0 Å². The fourth-order valence-corrected chi connectivity index (χ4v) is 2.22. The van der Waals surface area contributed by atoms with E-state index < -0.39 is 16.0 Å². The Morgan fingerprint density at radius 1 is 1.30 bits per heavy atom. The summed E-state index contributed by atoms with van der Waals surface area (Å²) < 4.78 is 30.8. The average Bonchev–Trinajstić information content (AvgIpc) is 2.39. The summed E-state index contributed by atoms with van der Waals surface area (Å²) >= 11 is 0. The topological polar surface area (TPSA) is 72.5 Å². The summed E-state index contributed by atoms with van der Waals surface area (Å²) in [5.74, 6) is -0.565. The maximum absolute atomic E-state index is 11.9. The number of esters is 1. The van der Waals surface area contributed by atoms with E-state index in [9.17, 15) is 13.2 Å². The van der Waals surface area contributed by atoms with Crippen LogP contribution in [-0.4, -0.2) is 21.0 Å². The van der Waals surface area contributed by atoms with Gasteiger partial charge in [0.1, 0.15) is 0 Å². The molecule has 0 aliphatic heterocycles. The van der Waals surface area contributed by atoms with Crippen molar-refractivity contribution < 1.29 is 17.9 Å². The van der Waals surface area contributed by atoms with Crippen LogP contribution in [0.1, 0.15) is 25.3 Å². The van der Waals surface area contributed by atoms with Gasteiger partial charge in [-0.05, 0) is 25.5 Å². The van der Waals surface area contributed by atoms with Crippen LogP contribution in [0.4, 0.5) is 0 Å². The summed E-state index contributed by atoms with van der Waals surface area (Å²) in [6.45, 7) is 4.19. The van der Waals surface area contributed by atoms with Gasteiger partial charge in [-0.15, -0.1) is 0 Å². The first-order valence-electron chi connectivity index (χ1n) is 6.38. The number of ether oxygens (including phenoxy) is 1. The molecular weight excluding hydrogens is 278 g/mol. The van der Waals surface area contributed by atoms with E-state index in [1.165, 1.54) is 12.1 Å². The van der Waals surface area contributed by atoms with Gasteiger partial charge in [0.25, 0.3) is 10.0 Å². The molecule has 0 fully saturated rings. The van der Waals surface area contributed by atoms with Crippen molar-refractivity contribution in [1.29, 1.82) is 0 Å². The molecule has 0 atom stereocenters. The summed E-state index contributed by atoms with van der Waals surface area (Å²) in [6, 6.07) is 6.42. The van der Waals surface area contributed by atoms with Crippen LogP contribution in [0.5, 0.6) is 0 Å². The molecule has 0 saturated heterocycles. The molecule has 0 amide bonds. The van der Waals surface area contributed by atoms with Crippen molar-refractivity contribution >= 4 is 16.0 Å². The van der Waals surface area contributed by atoms with Crippen LogP contribution in [0, 0.1) is 6.92 Å². The third-order valence-corrected chi connectivity index (χ3v) is 3.86. The molecule has 6 heteroatoms. The molecule has 0 saturated carbocycles. The van der Waals surface area contributed by atoms with Gasteiger partial charge in [0.15, 0.2) is 0 Å². The van der Waals surface area contributed by atoms with Crippen molar-refractivity contribution in [3.05, 3.63) is 42.1 Å². The van der Waals surface area contributed by atoms with Gasteiger partial charge in [0.2, 0.25) is 0 Å². The fourth-order valence-electron chi connectivity index (χ4n) is 1.34. The molecule has 1 rings (SSSR count). The number of unbranched alkanes of at least 4 members (excludes halogenated alkanes) is 1. The summed E-state index contributed by atoms with van der Waals surface area (Å²) in [4.78, 5) is 11.4. The minimum Gasteiger partial charge on any atom is -0.462 e. The van der Waals surface area contributed by atoms with Crippen LogP contribution < -0.4 is 4.72 Å². The maximum Gasteiger partial charge on any atom is 0.332 e. The molecule has 0 radical (unpaired) electrons. The number of rotatable bonds is 7. The molecule has 20 heavy (non-hydrogen) atoms. The number of carbonyl (C=O) groups excluding carboxylic acids is 1. The zero-order valence-corrected chi connectivity index (χ0v) is 12.4. The summed E-state index contributed by atoms with van der Waals surface area (Å²) in [6.07, 6.45) is 3.84. The molecule has 0 aromatic heterocycles. The van der Waals surface area contributed by atoms with Crippen molar-refractivity contribution in [2.75, 3.05) is 6.61 Å². The van der Waals surface area contributed by atoms with Crippen molar-refractivity contribution in [2.45, 2.75) is 31.6 Å². The first-order valence-corrected chi connectivity index (χ1v) is 7.86. The van der Waals surface area contributed by atoms with Gasteiger partial charge in [0, 0.05) is 12.3 Å². The van der Waals surface area contributed by atoms with E-state index >= 15 is 0 Å². The quantitative estimate of drug-likeness (QED) is 0.475. The second-order valence-corrected chi connectivity index (χ2v) is 6.00. The predicted molar refractivity (Wildman–Crippen MR) is 76.5 cm³/mol. The molecule has 0 aliphatic rings. The molecule has 1 N–H and O–H groups in total. The molecule has 0 heterocycles. The second-order valence-electron chi connectivity index (χ2n) is 4.29. The molecule has 0 unspecified atom stereocenters. The highest BCUT2D eigenvalue weighted by atomic mass is 32.2. The van der Waals surface area contributed by atoms with Gasteiger partial charge < -0.3 is 4.74 Å². The lowest BCUT2D eigenvalue weighted by Gasteiger charge is -2.04. The van der Waals surface area contributed by atoms with E-state index in [-0.39, 0.29) is 4.90 Å². The highest BCUT2D eigenvalue weighted by Crippen LogP contribution is 2.09. The average molecular weight is 297 g/mol. The zero-order chi connectivity index (χ0) is 15.0.